The van der Waals surface area contributed by atoms with Crippen molar-refractivity contribution in [2.24, 2.45) is 0 Å². The van der Waals surface area contributed by atoms with E-state index in [9.17, 15) is 0 Å². The predicted molar refractivity (Wildman–Crippen MR) is 77.1 cm³/mol. The number of anilines is 1. The van der Waals surface area contributed by atoms with Gasteiger partial charge in [-0.3, -0.25) is 0 Å². The van der Waals surface area contributed by atoms with E-state index in [-0.39, 0.29) is 5.60 Å². The number of hydroxylamine groups is 2. The first-order chi connectivity index (χ1) is 10.0. The van der Waals surface area contributed by atoms with Crippen molar-refractivity contribution in [3.63, 3.8) is 0 Å². The second kappa shape index (κ2) is 3.80. The van der Waals surface area contributed by atoms with E-state index in [0.29, 0.717) is 12.1 Å². The van der Waals surface area contributed by atoms with Crippen LogP contribution in [0.15, 0.2) is 42.6 Å². The van der Waals surface area contributed by atoms with Gasteiger partial charge in [0.05, 0.1) is 23.9 Å². The molecular weight excluding hydrogens is 266 g/mol. The molecule has 5 heteroatoms. The number of fused-ring (bicyclic) bond motifs is 2. The molecule has 21 heavy (non-hydrogen) atoms. The van der Waals surface area contributed by atoms with E-state index in [2.05, 4.69) is 11.0 Å². The van der Waals surface area contributed by atoms with E-state index in [1.807, 2.05) is 50.4 Å². The van der Waals surface area contributed by atoms with E-state index in [0.717, 1.165) is 11.4 Å². The summed E-state index contributed by atoms with van der Waals surface area (Å²) >= 11 is 0. The maximum atomic E-state index is 9.14. The Balaban J connectivity index is 1.83. The topological polar surface area (TPSA) is 51.8 Å². The van der Waals surface area contributed by atoms with Gasteiger partial charge in [0, 0.05) is 6.20 Å². The van der Waals surface area contributed by atoms with Gasteiger partial charge in [-0.2, -0.15) is 10.3 Å². The van der Waals surface area contributed by atoms with Crippen LogP contribution in [0, 0.1) is 11.3 Å². The summed E-state index contributed by atoms with van der Waals surface area (Å²) in [6.07, 6.45) is 7.82. The number of hydrogen-bond donors (Lipinski definition) is 0. The molecule has 0 spiro atoms. The minimum absolute atomic E-state index is 0.331. The van der Waals surface area contributed by atoms with E-state index in [1.54, 1.807) is 11.1 Å². The molecule has 0 aromatic heterocycles. The number of allylic oxidation sites excluding steroid dienone is 2. The van der Waals surface area contributed by atoms with Gasteiger partial charge in [-0.1, -0.05) is 6.08 Å². The summed E-state index contributed by atoms with van der Waals surface area (Å²) in [5.74, 6) is 0.191. The third-order valence-corrected chi connectivity index (χ3v) is 3.85. The first-order valence-corrected chi connectivity index (χ1v) is 6.89. The minimum Gasteiger partial charge on any atom is -0.484 e. The lowest BCUT2D eigenvalue weighted by Gasteiger charge is -2.42. The molecule has 0 bridgehead atoms. The third-order valence-electron chi connectivity index (χ3n) is 3.85. The molecular formula is C16H15N3O2. The zero-order chi connectivity index (χ0) is 14.7. The highest BCUT2D eigenvalue weighted by Crippen LogP contribution is 2.49. The number of rotatable bonds is 1. The Morgan fingerprint density at radius 2 is 2.14 bits per heavy atom. The molecule has 1 saturated heterocycles. The zero-order valence-corrected chi connectivity index (χ0v) is 11.9. The van der Waals surface area contributed by atoms with Crippen LogP contribution in [0.1, 0.15) is 19.4 Å². The summed E-state index contributed by atoms with van der Waals surface area (Å²) < 4.78 is 6.04. The molecule has 1 fully saturated rings. The largest absolute Gasteiger partial charge is 0.484 e. The van der Waals surface area contributed by atoms with Crippen LogP contribution in [-0.2, 0) is 4.84 Å². The second-order valence-corrected chi connectivity index (χ2v) is 6.02. The van der Waals surface area contributed by atoms with Gasteiger partial charge in [0.15, 0.2) is 0 Å². The van der Waals surface area contributed by atoms with Crippen LogP contribution in [0.2, 0.25) is 0 Å². The fourth-order valence-electron chi connectivity index (χ4n) is 2.90. The summed E-state index contributed by atoms with van der Waals surface area (Å²) in [7, 11) is 0. The Morgan fingerprint density at radius 1 is 1.29 bits per heavy atom. The van der Waals surface area contributed by atoms with Gasteiger partial charge in [-0.05, 0) is 44.2 Å². The van der Waals surface area contributed by atoms with Crippen molar-refractivity contribution in [1.82, 2.24) is 5.06 Å². The third kappa shape index (κ3) is 1.73. The van der Waals surface area contributed by atoms with Gasteiger partial charge in [-0.25, -0.2) is 4.84 Å². The highest BCUT2D eigenvalue weighted by Gasteiger charge is 2.60. The summed E-state index contributed by atoms with van der Waals surface area (Å²) in [6.45, 7) is 4.77. The monoisotopic (exact) mass is 281 g/mol. The van der Waals surface area contributed by atoms with Crippen LogP contribution in [-0.4, -0.2) is 23.1 Å². The molecule has 3 aliphatic rings. The molecule has 1 aromatic carbocycles. The van der Waals surface area contributed by atoms with Crippen molar-refractivity contribution in [2.45, 2.75) is 25.3 Å². The first-order valence-electron chi connectivity index (χ1n) is 6.89. The van der Waals surface area contributed by atoms with Crippen LogP contribution >= 0.6 is 0 Å². The van der Waals surface area contributed by atoms with Crippen molar-refractivity contribution in [1.29, 1.82) is 5.26 Å². The number of benzene rings is 1. The number of nitriles is 1. The molecule has 1 atom stereocenters. The van der Waals surface area contributed by atoms with Crippen molar-refractivity contribution < 1.29 is 9.57 Å². The summed E-state index contributed by atoms with van der Waals surface area (Å²) in [6, 6.07) is 7.66. The summed E-state index contributed by atoms with van der Waals surface area (Å²) in [5, 5.41) is 10.9. The molecule has 0 N–H and O–H groups in total. The van der Waals surface area contributed by atoms with Crippen molar-refractivity contribution in [2.75, 3.05) is 11.4 Å². The highest BCUT2D eigenvalue weighted by molar-refractivity contribution is 5.66. The second-order valence-electron chi connectivity index (χ2n) is 6.02. The standard InChI is InChI=1S/C16H15N3O2/c1-15(2)11-18(16-7-3-4-8-19(16)21-16)13-9-12(10-17)5-6-14(13)20-15/h3-9H,11H2,1-2H3. The Labute approximate surface area is 123 Å². The molecule has 3 heterocycles. The smallest absolute Gasteiger partial charge is 0.288 e. The fourth-order valence-corrected chi connectivity index (χ4v) is 2.90. The zero-order valence-electron chi connectivity index (χ0n) is 11.9. The lowest BCUT2D eigenvalue weighted by atomic mass is 10.0. The van der Waals surface area contributed by atoms with Gasteiger partial charge in [-0.15, -0.1) is 0 Å². The first kappa shape index (κ1) is 12.3. The number of nitrogens with zero attached hydrogens (tertiary/aromatic N) is 3. The number of ether oxygens (including phenoxy) is 1. The van der Waals surface area contributed by atoms with E-state index < -0.39 is 5.85 Å². The SMILES string of the molecule is CC1(C)CN(C23C=CC=CN2O3)c2cc(C#N)ccc2O1. The lowest BCUT2D eigenvalue weighted by Crippen LogP contribution is -2.53. The molecule has 1 aromatic rings. The Hall–Kier alpha value is -2.45. The molecule has 1 unspecified atom stereocenters. The van der Waals surface area contributed by atoms with Gasteiger partial charge in [0.25, 0.3) is 5.85 Å². The molecule has 5 nitrogen and oxygen atoms in total. The lowest BCUT2D eigenvalue weighted by molar-refractivity contribution is 0.0965. The van der Waals surface area contributed by atoms with E-state index in [4.69, 9.17) is 14.8 Å². The van der Waals surface area contributed by atoms with Crippen LogP contribution < -0.4 is 9.64 Å². The molecule has 106 valence electrons. The Morgan fingerprint density at radius 3 is 2.90 bits per heavy atom. The molecule has 4 rings (SSSR count). The summed E-state index contributed by atoms with van der Waals surface area (Å²) in [5.41, 5.74) is 1.17. The number of hydrogen-bond acceptors (Lipinski definition) is 5. The molecule has 0 amide bonds. The van der Waals surface area contributed by atoms with Crippen LogP contribution in [0.25, 0.3) is 0 Å². The van der Waals surface area contributed by atoms with Crippen LogP contribution in [0.4, 0.5) is 5.69 Å². The van der Waals surface area contributed by atoms with Crippen LogP contribution in [0.3, 0.4) is 0 Å². The van der Waals surface area contributed by atoms with Crippen LogP contribution in [0.5, 0.6) is 5.75 Å². The quantitative estimate of drug-likeness (QED) is 0.740. The van der Waals surface area contributed by atoms with Gasteiger partial charge in [0.2, 0.25) is 0 Å². The van der Waals surface area contributed by atoms with Gasteiger partial charge in [0.1, 0.15) is 11.4 Å². The predicted octanol–water partition coefficient (Wildman–Crippen LogP) is 2.52. The highest BCUT2D eigenvalue weighted by atomic mass is 16.9. The Bertz CT molecular complexity index is 717. The molecule has 0 radical (unpaired) electrons. The summed E-state index contributed by atoms with van der Waals surface area (Å²) in [4.78, 5) is 7.92. The fraction of sp³-hybridized carbons (Fsp3) is 0.312. The average molecular weight is 281 g/mol. The van der Waals surface area contributed by atoms with Crippen molar-refractivity contribution in [3.05, 3.63) is 48.2 Å². The molecule has 0 aliphatic carbocycles. The normalized spacial score (nSPS) is 27.5. The average Bonchev–Trinajstić information content (AvgIpc) is 3.21. The minimum atomic E-state index is -0.585. The molecule has 0 saturated carbocycles. The molecule has 3 aliphatic heterocycles. The van der Waals surface area contributed by atoms with Gasteiger partial charge < -0.3 is 9.64 Å². The van der Waals surface area contributed by atoms with Gasteiger partial charge >= 0.3 is 0 Å². The van der Waals surface area contributed by atoms with Crippen molar-refractivity contribution >= 4 is 5.69 Å². The van der Waals surface area contributed by atoms with Crippen molar-refractivity contribution in [3.8, 4) is 11.8 Å². The Kier molecular flexibility index (Phi) is 2.23. The maximum absolute atomic E-state index is 9.14. The van der Waals surface area contributed by atoms with E-state index in [1.165, 1.54) is 0 Å². The van der Waals surface area contributed by atoms with E-state index >= 15 is 0 Å². The maximum Gasteiger partial charge on any atom is 0.288 e.